The van der Waals surface area contributed by atoms with Crippen LogP contribution in [-0.2, 0) is 9.63 Å². The highest BCUT2D eigenvalue weighted by Crippen LogP contribution is 2.30. The van der Waals surface area contributed by atoms with Crippen LogP contribution in [0.5, 0.6) is 11.5 Å². The van der Waals surface area contributed by atoms with Gasteiger partial charge in [-0.3, -0.25) is 4.79 Å². The van der Waals surface area contributed by atoms with Gasteiger partial charge in [0.1, 0.15) is 5.82 Å². The maximum Gasteiger partial charge on any atom is 0.268 e. The Labute approximate surface area is 144 Å². The molecule has 0 aromatic heterocycles. The maximum absolute atomic E-state index is 13.8. The van der Waals surface area contributed by atoms with Crippen LogP contribution in [0.2, 0.25) is 0 Å². The number of carbonyl (C=O) groups is 1. The van der Waals surface area contributed by atoms with Gasteiger partial charge < -0.3 is 19.6 Å². The highest BCUT2D eigenvalue weighted by atomic mass is 19.1. The highest BCUT2D eigenvalue weighted by Gasteiger charge is 2.30. The number of hydrogen-bond acceptors (Lipinski definition) is 5. The Morgan fingerprint density at radius 3 is 2.68 bits per heavy atom. The largest absolute Gasteiger partial charge is 0.493 e. The Kier molecular flexibility index (Phi) is 4.83. The summed E-state index contributed by atoms with van der Waals surface area (Å²) < 4.78 is 24.2. The molecule has 1 aliphatic rings. The van der Waals surface area contributed by atoms with Crippen LogP contribution in [0.3, 0.4) is 0 Å². The van der Waals surface area contributed by atoms with Crippen molar-refractivity contribution in [3.8, 4) is 11.5 Å². The molecule has 0 spiro atoms. The first-order chi connectivity index (χ1) is 12.1. The molecule has 1 heterocycles. The molecule has 0 aliphatic carbocycles. The lowest BCUT2D eigenvalue weighted by Gasteiger charge is -2.12. The van der Waals surface area contributed by atoms with Crippen molar-refractivity contribution < 1.29 is 23.5 Å². The minimum atomic E-state index is -0.817. The number of nitrogens with one attached hydrogen (secondary N) is 1. The van der Waals surface area contributed by atoms with E-state index in [1.165, 1.54) is 20.3 Å². The number of nitrogens with zero attached hydrogens (tertiary/aromatic N) is 1. The number of benzene rings is 2. The minimum Gasteiger partial charge on any atom is -0.493 e. The number of methoxy groups -OCH3 is 2. The van der Waals surface area contributed by atoms with Crippen molar-refractivity contribution in [2.75, 3.05) is 19.5 Å². The Hall–Kier alpha value is -3.09. The Balaban J connectivity index is 1.67. The number of anilines is 1. The molecule has 130 valence electrons. The number of ether oxygens (including phenoxy) is 2. The van der Waals surface area contributed by atoms with Gasteiger partial charge in [0.2, 0.25) is 6.10 Å². The molecule has 1 amide bonds. The van der Waals surface area contributed by atoms with Crippen LogP contribution in [0, 0.1) is 5.82 Å². The maximum atomic E-state index is 13.8. The fraction of sp³-hybridized carbons (Fsp3) is 0.222. The first-order valence-electron chi connectivity index (χ1n) is 7.63. The van der Waals surface area contributed by atoms with E-state index in [4.69, 9.17) is 14.3 Å². The van der Waals surface area contributed by atoms with E-state index in [-0.39, 0.29) is 12.3 Å². The van der Waals surface area contributed by atoms with Gasteiger partial charge in [0, 0.05) is 23.7 Å². The minimum absolute atomic E-state index is 0.195. The van der Waals surface area contributed by atoms with E-state index in [1.54, 1.807) is 36.4 Å². The molecule has 2 aromatic carbocycles. The second kappa shape index (κ2) is 7.21. The number of rotatable bonds is 5. The van der Waals surface area contributed by atoms with Crippen LogP contribution in [0.4, 0.5) is 10.1 Å². The zero-order chi connectivity index (χ0) is 17.8. The monoisotopic (exact) mass is 344 g/mol. The molecular weight excluding hydrogens is 327 g/mol. The van der Waals surface area contributed by atoms with Crippen molar-refractivity contribution in [3.63, 3.8) is 0 Å². The summed E-state index contributed by atoms with van der Waals surface area (Å²) in [4.78, 5) is 17.5. The summed E-state index contributed by atoms with van der Waals surface area (Å²) in [6, 6.07) is 11.3. The molecule has 6 nitrogen and oxygen atoms in total. The smallest absolute Gasteiger partial charge is 0.268 e. The predicted octanol–water partition coefficient (Wildman–Crippen LogP) is 2.97. The van der Waals surface area contributed by atoms with E-state index in [0.29, 0.717) is 28.5 Å². The molecule has 2 aromatic rings. The van der Waals surface area contributed by atoms with Gasteiger partial charge in [0.25, 0.3) is 5.91 Å². The van der Waals surface area contributed by atoms with Gasteiger partial charge >= 0.3 is 0 Å². The van der Waals surface area contributed by atoms with Gasteiger partial charge in [-0.1, -0.05) is 23.4 Å². The zero-order valence-corrected chi connectivity index (χ0v) is 13.8. The van der Waals surface area contributed by atoms with E-state index >= 15 is 0 Å². The molecule has 0 saturated heterocycles. The average Bonchev–Trinajstić information content (AvgIpc) is 3.12. The van der Waals surface area contributed by atoms with Gasteiger partial charge in [0.05, 0.1) is 19.9 Å². The van der Waals surface area contributed by atoms with Crippen molar-refractivity contribution in [2.24, 2.45) is 5.16 Å². The third-order valence-corrected chi connectivity index (χ3v) is 3.80. The SMILES string of the molecule is COc1ccc(NC(=O)C2CC(c3ccccc3F)=NO2)cc1OC. The first-order valence-corrected chi connectivity index (χ1v) is 7.63. The molecule has 25 heavy (non-hydrogen) atoms. The number of halogens is 1. The highest BCUT2D eigenvalue weighted by molar-refractivity contribution is 6.06. The molecule has 1 atom stereocenters. The molecule has 1 aliphatic heterocycles. The number of carbonyl (C=O) groups excluding carboxylic acids is 1. The van der Waals surface area contributed by atoms with Gasteiger partial charge in [-0.2, -0.15) is 0 Å². The van der Waals surface area contributed by atoms with Crippen LogP contribution >= 0.6 is 0 Å². The van der Waals surface area contributed by atoms with Crippen molar-refractivity contribution >= 4 is 17.3 Å². The first kappa shape index (κ1) is 16.8. The number of oxime groups is 1. The van der Waals surface area contributed by atoms with E-state index in [2.05, 4.69) is 10.5 Å². The lowest BCUT2D eigenvalue weighted by molar-refractivity contribution is -0.125. The molecule has 0 fully saturated rings. The topological polar surface area (TPSA) is 69.2 Å². The molecule has 1 unspecified atom stereocenters. The van der Waals surface area contributed by atoms with Crippen LogP contribution < -0.4 is 14.8 Å². The van der Waals surface area contributed by atoms with Crippen LogP contribution in [0.25, 0.3) is 0 Å². The van der Waals surface area contributed by atoms with Crippen LogP contribution in [0.1, 0.15) is 12.0 Å². The van der Waals surface area contributed by atoms with Gasteiger partial charge in [0.15, 0.2) is 11.5 Å². The lowest BCUT2D eigenvalue weighted by Crippen LogP contribution is -2.28. The summed E-state index contributed by atoms with van der Waals surface area (Å²) in [7, 11) is 3.04. The Morgan fingerprint density at radius 1 is 1.20 bits per heavy atom. The fourth-order valence-corrected chi connectivity index (χ4v) is 2.51. The van der Waals surface area contributed by atoms with Gasteiger partial charge in [-0.15, -0.1) is 0 Å². The molecule has 3 rings (SSSR count). The normalized spacial score (nSPS) is 16.0. The summed E-state index contributed by atoms with van der Waals surface area (Å²) in [6.07, 6.45) is -0.622. The zero-order valence-electron chi connectivity index (χ0n) is 13.8. The molecule has 0 bridgehead atoms. The van der Waals surface area contributed by atoms with E-state index in [1.807, 2.05) is 0 Å². The average molecular weight is 344 g/mol. The van der Waals surface area contributed by atoms with Crippen molar-refractivity contribution in [3.05, 3.63) is 53.8 Å². The van der Waals surface area contributed by atoms with Crippen molar-refractivity contribution in [2.45, 2.75) is 12.5 Å². The quantitative estimate of drug-likeness (QED) is 0.905. The third kappa shape index (κ3) is 3.55. The standard InChI is InChI=1S/C18H17FN2O4/c1-23-15-8-7-11(9-16(15)24-2)20-18(22)17-10-14(21-25-17)12-5-3-4-6-13(12)19/h3-9,17H,10H2,1-2H3,(H,20,22). The molecule has 7 heteroatoms. The van der Waals surface area contributed by atoms with Crippen LogP contribution in [-0.4, -0.2) is 31.9 Å². The molecule has 0 radical (unpaired) electrons. The van der Waals surface area contributed by atoms with Crippen molar-refractivity contribution in [1.29, 1.82) is 0 Å². The Morgan fingerprint density at radius 2 is 1.96 bits per heavy atom. The van der Waals surface area contributed by atoms with Crippen LogP contribution in [0.15, 0.2) is 47.6 Å². The number of amides is 1. The summed E-state index contributed by atoms with van der Waals surface area (Å²) >= 11 is 0. The Bertz CT molecular complexity index is 822. The molecular formula is C18H17FN2O4. The van der Waals surface area contributed by atoms with E-state index in [0.717, 1.165) is 0 Å². The molecule has 0 saturated carbocycles. The van der Waals surface area contributed by atoms with E-state index < -0.39 is 11.9 Å². The van der Waals surface area contributed by atoms with E-state index in [9.17, 15) is 9.18 Å². The van der Waals surface area contributed by atoms with Crippen molar-refractivity contribution in [1.82, 2.24) is 0 Å². The molecule has 1 N–H and O–H groups in total. The number of hydrogen-bond donors (Lipinski definition) is 1. The second-order valence-electron chi connectivity index (χ2n) is 5.38. The predicted molar refractivity (Wildman–Crippen MR) is 90.6 cm³/mol. The summed E-state index contributed by atoms with van der Waals surface area (Å²) in [5, 5.41) is 6.57. The summed E-state index contributed by atoms with van der Waals surface area (Å²) in [5.41, 5.74) is 1.28. The second-order valence-corrected chi connectivity index (χ2v) is 5.38. The summed E-state index contributed by atoms with van der Waals surface area (Å²) in [6.45, 7) is 0. The summed E-state index contributed by atoms with van der Waals surface area (Å²) in [5.74, 6) is 0.284. The fourth-order valence-electron chi connectivity index (χ4n) is 2.51. The van der Waals surface area contributed by atoms with Gasteiger partial charge in [-0.05, 0) is 18.2 Å². The van der Waals surface area contributed by atoms with Gasteiger partial charge in [-0.25, -0.2) is 4.39 Å². The third-order valence-electron chi connectivity index (χ3n) is 3.80. The lowest BCUT2D eigenvalue weighted by atomic mass is 10.0.